The van der Waals surface area contributed by atoms with Gasteiger partial charge in [0.05, 0.1) is 33.2 Å². The van der Waals surface area contributed by atoms with Gasteiger partial charge in [0.15, 0.2) is 0 Å². The fourth-order valence-electron chi connectivity index (χ4n) is 15.6. The van der Waals surface area contributed by atoms with Gasteiger partial charge in [-0.15, -0.1) is 12.4 Å². The summed E-state index contributed by atoms with van der Waals surface area (Å²) in [5.41, 5.74) is 17.8. The van der Waals surface area contributed by atoms with Gasteiger partial charge in [0.25, 0.3) is 5.97 Å². The van der Waals surface area contributed by atoms with E-state index in [0.717, 1.165) is 102 Å². The van der Waals surface area contributed by atoms with Gasteiger partial charge in [-0.2, -0.15) is 0 Å². The molecule has 11 heteroatoms. The fourth-order valence-corrected chi connectivity index (χ4v) is 17.9. The molecule has 0 unspecified atom stereocenters. The summed E-state index contributed by atoms with van der Waals surface area (Å²) in [6, 6.07) is 93.9. The highest BCUT2D eigenvalue weighted by molar-refractivity contribution is 9.11. The van der Waals surface area contributed by atoms with Crippen molar-refractivity contribution in [3.8, 4) is 33.6 Å². The minimum absolute atomic E-state index is 0. The molecule has 0 fully saturated rings. The van der Waals surface area contributed by atoms with Gasteiger partial charge in [-0.1, -0.05) is 270 Å². The number of rotatable bonds is 2. The van der Waals surface area contributed by atoms with Crippen molar-refractivity contribution in [2.45, 2.75) is 17.9 Å². The minimum atomic E-state index is -1.43. The maximum Gasteiger partial charge on any atom is 0.300 e. The van der Waals surface area contributed by atoms with Crippen molar-refractivity contribution in [1.29, 1.82) is 0 Å². The Balaban J connectivity index is 0.000000140. The van der Waals surface area contributed by atoms with E-state index < -0.39 is 17.0 Å². The quantitative estimate of drug-likeness (QED) is 0.170. The van der Waals surface area contributed by atoms with Crippen molar-refractivity contribution in [2.75, 3.05) is 0 Å². The van der Waals surface area contributed by atoms with Crippen LogP contribution in [0.1, 0.15) is 45.9 Å². The third kappa shape index (κ3) is 8.19. The zero-order chi connectivity index (χ0) is 60.2. The maximum atomic E-state index is 13.6. The Bertz CT molecular complexity index is 5600. The lowest BCUT2D eigenvalue weighted by molar-refractivity contribution is -0.134. The molecule has 0 saturated heterocycles. The minimum Gasteiger partial charge on any atom is -0.481 e. The molecule has 3 radical (unpaired) electrons. The number of para-hydroxylation sites is 6. The van der Waals surface area contributed by atoms with Crippen molar-refractivity contribution < 1.29 is 15.0 Å². The van der Waals surface area contributed by atoms with Gasteiger partial charge in [-0.05, 0) is 142 Å². The lowest BCUT2D eigenvalue weighted by Gasteiger charge is -2.39. The van der Waals surface area contributed by atoms with Gasteiger partial charge in [-0.25, -0.2) is 0 Å². The second-order valence-electron chi connectivity index (χ2n) is 23.2. The molecule has 435 valence electrons. The first-order chi connectivity index (χ1) is 43.5. The van der Waals surface area contributed by atoms with E-state index in [1.165, 1.54) is 82.4 Å². The number of benzene rings is 14. The average molecular weight is 1450 g/mol. The molecule has 1 spiro atoms. The van der Waals surface area contributed by atoms with E-state index in [1.807, 2.05) is 6.07 Å². The number of aliphatic carboxylic acids is 1. The highest BCUT2D eigenvalue weighted by Gasteiger charge is 2.53. The van der Waals surface area contributed by atoms with Crippen LogP contribution in [-0.2, 0) is 15.8 Å². The monoisotopic (exact) mass is 1450 g/mol. The predicted molar refractivity (Wildman–Crippen MR) is 394 cm³/mol. The van der Waals surface area contributed by atoms with Gasteiger partial charge in [-0.3, -0.25) is 4.79 Å². The van der Waals surface area contributed by atoms with Crippen LogP contribution in [0.5, 0.6) is 0 Å². The molecule has 2 aromatic heterocycles. The summed E-state index contributed by atoms with van der Waals surface area (Å²) in [6.07, 6.45) is 0. The number of carbonyl (C=O) groups is 1. The van der Waals surface area contributed by atoms with E-state index >= 15 is 0 Å². The van der Waals surface area contributed by atoms with E-state index in [2.05, 4.69) is 328 Å². The van der Waals surface area contributed by atoms with Gasteiger partial charge in [0.2, 0.25) is 0 Å². The molecule has 3 aliphatic rings. The first-order valence-corrected chi connectivity index (χ1v) is 32.7. The van der Waals surface area contributed by atoms with E-state index in [4.69, 9.17) is 9.90 Å². The normalized spacial score (nSPS) is 13.3. The predicted octanol–water partition coefficient (Wildman–Crippen LogP) is 22.3. The number of carboxylic acids is 1. The van der Waals surface area contributed by atoms with Crippen molar-refractivity contribution in [2.24, 2.45) is 0 Å². The molecule has 2 aliphatic carbocycles. The molecule has 16 aromatic rings. The van der Waals surface area contributed by atoms with Crippen LogP contribution in [0.2, 0.25) is 0 Å². The Kier molecular flexibility index (Phi) is 14.3. The van der Waals surface area contributed by atoms with Crippen molar-refractivity contribution in [3.05, 3.63) is 318 Å². The smallest absolute Gasteiger partial charge is 0.300 e. The number of nitrogens with zero attached hydrogens (tertiary/aromatic N) is 2. The molecular weight excluding hydrogens is 1400 g/mol. The summed E-state index contributed by atoms with van der Waals surface area (Å²) in [7, 11) is 0. The third-order valence-corrected chi connectivity index (χ3v) is 21.4. The van der Waals surface area contributed by atoms with Crippen LogP contribution in [0.3, 0.4) is 0 Å². The van der Waals surface area contributed by atoms with E-state index in [-0.39, 0.29) is 20.8 Å². The second-order valence-corrected chi connectivity index (χ2v) is 26.7. The fraction of sp³-hybridized carbons (Fsp3) is 0.0375. The molecular formula is C80H49BBr4ClN2O3. The van der Waals surface area contributed by atoms with Crippen LogP contribution >= 0.6 is 76.1 Å². The summed E-state index contributed by atoms with van der Waals surface area (Å²) < 4.78 is 9.00. The van der Waals surface area contributed by atoms with Crippen molar-refractivity contribution in [1.82, 2.24) is 9.13 Å². The van der Waals surface area contributed by atoms with Crippen molar-refractivity contribution >= 4 is 177 Å². The number of hydrogen-bond acceptors (Lipinski definition) is 2. The second kappa shape index (κ2) is 22.1. The molecule has 19 rings (SSSR count). The van der Waals surface area contributed by atoms with E-state index in [9.17, 15) is 5.11 Å². The molecule has 5 nitrogen and oxygen atoms in total. The maximum absolute atomic E-state index is 13.6. The highest BCUT2D eigenvalue weighted by Crippen LogP contribution is 2.65. The van der Waals surface area contributed by atoms with E-state index in [0.29, 0.717) is 0 Å². The molecule has 3 heterocycles. The number of fused-ring (bicyclic) bond motifs is 26. The first-order valence-electron chi connectivity index (χ1n) is 29.5. The lowest BCUT2D eigenvalue weighted by atomic mass is 9.65. The molecule has 91 heavy (non-hydrogen) atoms. The number of aromatic nitrogens is 2. The van der Waals surface area contributed by atoms with Crippen LogP contribution < -0.4 is 0 Å². The van der Waals surface area contributed by atoms with Crippen molar-refractivity contribution in [3.63, 3.8) is 0 Å². The van der Waals surface area contributed by atoms with Gasteiger partial charge >= 0.3 is 0 Å². The standard InChI is InChI=1S/C39H23Br2NO.C39H21Br2N.C2H4O2.B.ClH/c40-33-21-31-36(27-16-6-4-13-24(27)33)37-28-17-7-5-14-25(28)34(41)22-32(37)39(31,43)30-19-10-18-29-26-15-8-9-20-35(26)42(38(29)30)23-11-2-1-3-12-23;40-32-20-30-36(25-13-3-1-10-22(25)32)37-26-14-4-2-11-23(26)33(41)21-31(37)39(30)28-16-6-8-19-35(28)42-34-18-7-5-12-24(34)27-15-9-17-29(39)38(27)42;1-2(3)4;;/h1-22,43H;1-21H;1H3,(H,3,4);;1H. The number of halogens is 5. The van der Waals surface area contributed by atoms with Gasteiger partial charge in [0.1, 0.15) is 5.60 Å². The van der Waals surface area contributed by atoms with Crippen LogP contribution in [0.15, 0.2) is 279 Å². The van der Waals surface area contributed by atoms with Gasteiger partial charge < -0.3 is 19.3 Å². The summed E-state index contributed by atoms with van der Waals surface area (Å²) >= 11 is 15.8. The summed E-state index contributed by atoms with van der Waals surface area (Å²) in [6.45, 7) is 1.08. The van der Waals surface area contributed by atoms with E-state index in [1.54, 1.807) is 0 Å². The topological polar surface area (TPSA) is 67.4 Å². The number of carboxylic acid groups (broad SMARTS) is 1. The molecule has 0 amide bonds. The molecule has 14 aromatic carbocycles. The molecule has 0 saturated carbocycles. The first kappa shape index (κ1) is 58.8. The van der Waals surface area contributed by atoms with Crippen LogP contribution in [0.25, 0.3) is 120 Å². The largest absolute Gasteiger partial charge is 0.481 e. The molecule has 2 N–H and O–H groups in total. The van der Waals surface area contributed by atoms with Crippen LogP contribution in [-0.4, -0.2) is 33.7 Å². The summed E-state index contributed by atoms with van der Waals surface area (Å²) in [5.74, 6) is -0.833. The molecule has 1 aliphatic heterocycles. The van der Waals surface area contributed by atoms with Crippen LogP contribution in [0, 0.1) is 0 Å². The van der Waals surface area contributed by atoms with Crippen LogP contribution in [0.4, 0.5) is 0 Å². The molecule has 0 bridgehead atoms. The number of aliphatic hydroxyl groups is 1. The Morgan fingerprint density at radius 3 is 1.10 bits per heavy atom. The summed E-state index contributed by atoms with van der Waals surface area (Å²) in [4.78, 5) is 9.00. The SMILES string of the molecule is Brc1cc2c(c3ccccc13)-c1c(cc(Br)c3ccccc13)C21c2ccccc2-n2c3ccccc3c3cccc1c32.CC(=O)O.Cl.OC1(c2cccc3c4ccccc4n(-c4ccccc4)c23)c2cc(Br)c3ccccc3c2-c2c1cc(Br)c1ccccc21.[B]. The molecule has 0 atom stereocenters. The summed E-state index contributed by atoms with van der Waals surface area (Å²) in [5, 5.41) is 35.4. The Morgan fingerprint density at radius 1 is 0.341 bits per heavy atom. The average Bonchev–Trinajstić information content (AvgIpc) is 1.52. The van der Waals surface area contributed by atoms with Gasteiger partial charge in [0, 0.05) is 77.2 Å². The zero-order valence-electron chi connectivity index (χ0n) is 48.5. The lowest BCUT2D eigenvalue weighted by Crippen LogP contribution is -2.33. The Morgan fingerprint density at radius 2 is 0.648 bits per heavy atom. The highest BCUT2D eigenvalue weighted by atomic mass is 79.9. The Hall–Kier alpha value is -8.58. The zero-order valence-corrected chi connectivity index (χ0v) is 55.7. The third-order valence-electron chi connectivity index (χ3n) is 18.8. The number of hydrogen-bond donors (Lipinski definition) is 2. The Labute approximate surface area is 565 Å².